The van der Waals surface area contributed by atoms with Crippen LogP contribution in [0.15, 0.2) is 61.2 Å². The van der Waals surface area contributed by atoms with Crippen LogP contribution in [0.3, 0.4) is 0 Å². The SMILES string of the molecule is C=CCN(C(=O)C(Cc1ccc(O)cc1)NC(=O)OC(C)(C)C)C(C(=O)NCCCC)c1cccc(C)c1. The number of rotatable bonds is 12. The van der Waals surface area contributed by atoms with Crippen molar-refractivity contribution >= 4 is 17.9 Å². The summed E-state index contributed by atoms with van der Waals surface area (Å²) in [7, 11) is 0. The number of hydrogen-bond acceptors (Lipinski definition) is 5. The summed E-state index contributed by atoms with van der Waals surface area (Å²) in [6.45, 7) is 13.6. The quantitative estimate of drug-likeness (QED) is 0.273. The molecule has 38 heavy (non-hydrogen) atoms. The second kappa shape index (κ2) is 14.2. The topological polar surface area (TPSA) is 108 Å². The molecule has 0 spiro atoms. The molecule has 8 nitrogen and oxygen atoms in total. The lowest BCUT2D eigenvalue weighted by Crippen LogP contribution is -2.54. The Morgan fingerprint density at radius 3 is 2.39 bits per heavy atom. The molecule has 2 unspecified atom stereocenters. The van der Waals surface area contributed by atoms with Gasteiger partial charge in [0, 0.05) is 19.5 Å². The number of aryl methyl sites for hydroxylation is 1. The van der Waals surface area contributed by atoms with Gasteiger partial charge in [-0.3, -0.25) is 9.59 Å². The highest BCUT2D eigenvalue weighted by Crippen LogP contribution is 2.24. The monoisotopic (exact) mass is 523 g/mol. The minimum absolute atomic E-state index is 0.0840. The van der Waals surface area contributed by atoms with Gasteiger partial charge in [-0.2, -0.15) is 0 Å². The predicted molar refractivity (Wildman–Crippen MR) is 149 cm³/mol. The zero-order valence-electron chi connectivity index (χ0n) is 23.1. The Morgan fingerprint density at radius 2 is 1.82 bits per heavy atom. The zero-order valence-corrected chi connectivity index (χ0v) is 23.1. The normalized spacial score (nSPS) is 12.7. The number of alkyl carbamates (subject to hydrolysis) is 1. The Balaban J connectivity index is 2.50. The first-order chi connectivity index (χ1) is 17.9. The molecule has 2 atom stereocenters. The Morgan fingerprint density at radius 1 is 1.13 bits per heavy atom. The van der Waals surface area contributed by atoms with E-state index < -0.39 is 29.7 Å². The molecule has 2 aromatic rings. The van der Waals surface area contributed by atoms with Crippen molar-refractivity contribution in [2.45, 2.75) is 71.6 Å². The number of aromatic hydroxyl groups is 1. The van der Waals surface area contributed by atoms with Gasteiger partial charge in [0.15, 0.2) is 0 Å². The number of amides is 3. The molecule has 0 fully saturated rings. The van der Waals surface area contributed by atoms with Gasteiger partial charge in [0.1, 0.15) is 23.4 Å². The number of benzene rings is 2. The van der Waals surface area contributed by atoms with Crippen LogP contribution < -0.4 is 10.6 Å². The predicted octanol–water partition coefficient (Wildman–Crippen LogP) is 4.81. The molecule has 0 heterocycles. The number of unbranched alkanes of at least 4 members (excludes halogenated alkanes) is 1. The Labute approximate surface area is 226 Å². The summed E-state index contributed by atoms with van der Waals surface area (Å²) in [5.74, 6) is -0.672. The van der Waals surface area contributed by atoms with Crippen molar-refractivity contribution in [1.29, 1.82) is 0 Å². The van der Waals surface area contributed by atoms with Crippen LogP contribution >= 0.6 is 0 Å². The van der Waals surface area contributed by atoms with Crippen molar-refractivity contribution in [3.8, 4) is 5.75 Å². The first kappa shape index (κ1) is 30.4. The minimum atomic E-state index is -1.04. The van der Waals surface area contributed by atoms with Gasteiger partial charge in [-0.25, -0.2) is 4.79 Å². The van der Waals surface area contributed by atoms with Gasteiger partial charge < -0.3 is 25.4 Å². The number of nitrogens with zero attached hydrogens (tertiary/aromatic N) is 1. The molecule has 0 bridgehead atoms. The number of phenolic OH excluding ortho intramolecular Hbond substituents is 1. The highest BCUT2D eigenvalue weighted by atomic mass is 16.6. The summed E-state index contributed by atoms with van der Waals surface area (Å²) in [4.78, 5) is 41.8. The maximum Gasteiger partial charge on any atom is 0.408 e. The molecule has 2 rings (SSSR count). The summed E-state index contributed by atoms with van der Waals surface area (Å²) in [5, 5.41) is 15.3. The van der Waals surface area contributed by atoms with Crippen LogP contribution in [0.4, 0.5) is 4.79 Å². The summed E-state index contributed by atoms with van der Waals surface area (Å²) < 4.78 is 5.43. The van der Waals surface area contributed by atoms with E-state index in [1.54, 1.807) is 39.0 Å². The zero-order chi connectivity index (χ0) is 28.3. The average molecular weight is 524 g/mol. The van der Waals surface area contributed by atoms with E-state index >= 15 is 0 Å². The van der Waals surface area contributed by atoms with E-state index in [-0.39, 0.29) is 24.6 Å². The molecule has 2 aromatic carbocycles. The molecule has 0 saturated heterocycles. The summed E-state index contributed by atoms with van der Waals surface area (Å²) in [6.07, 6.45) is 2.67. The largest absolute Gasteiger partial charge is 0.508 e. The number of carbonyl (C=O) groups excluding carboxylic acids is 3. The van der Waals surface area contributed by atoms with E-state index in [1.807, 2.05) is 38.1 Å². The fourth-order valence-corrected chi connectivity index (χ4v) is 3.98. The van der Waals surface area contributed by atoms with Crippen LogP contribution in [0.2, 0.25) is 0 Å². The van der Waals surface area contributed by atoms with Crippen LogP contribution in [-0.4, -0.2) is 52.6 Å². The molecule has 3 amide bonds. The van der Waals surface area contributed by atoms with Crippen molar-refractivity contribution < 1.29 is 24.2 Å². The van der Waals surface area contributed by atoms with Crippen molar-refractivity contribution in [3.63, 3.8) is 0 Å². The lowest BCUT2D eigenvalue weighted by atomic mass is 9.99. The van der Waals surface area contributed by atoms with Crippen LogP contribution in [-0.2, 0) is 20.7 Å². The Bertz CT molecular complexity index is 1090. The standard InChI is InChI=1S/C30H41N3O5/c1-7-9-17-31-27(35)26(23-12-10-11-21(3)19-23)33(18-8-2)28(36)25(32-29(37)38-30(4,5)6)20-22-13-15-24(34)16-14-22/h8,10-16,19,25-26,34H,2,7,9,17-18,20H2,1,3-6H3,(H,31,35)(H,32,37). The van der Waals surface area contributed by atoms with E-state index in [1.165, 1.54) is 17.0 Å². The highest BCUT2D eigenvalue weighted by molar-refractivity contribution is 5.92. The second-order valence-electron chi connectivity index (χ2n) is 10.3. The maximum absolute atomic E-state index is 14.1. The number of ether oxygens (including phenoxy) is 1. The van der Waals surface area contributed by atoms with Crippen LogP contribution in [0.25, 0.3) is 0 Å². The van der Waals surface area contributed by atoms with Crippen LogP contribution in [0.5, 0.6) is 5.75 Å². The number of nitrogens with one attached hydrogen (secondary N) is 2. The van der Waals surface area contributed by atoms with E-state index in [9.17, 15) is 19.5 Å². The van der Waals surface area contributed by atoms with Crippen molar-refractivity contribution in [3.05, 3.63) is 77.9 Å². The van der Waals surface area contributed by atoms with Crippen LogP contribution in [0.1, 0.15) is 63.3 Å². The van der Waals surface area contributed by atoms with E-state index in [0.717, 1.165) is 24.0 Å². The Hall–Kier alpha value is -3.81. The molecule has 206 valence electrons. The summed E-state index contributed by atoms with van der Waals surface area (Å²) in [6, 6.07) is 11.9. The molecule has 8 heteroatoms. The molecule has 0 radical (unpaired) electrons. The number of hydrogen-bond donors (Lipinski definition) is 3. The van der Waals surface area contributed by atoms with Crippen molar-refractivity contribution in [1.82, 2.24) is 15.5 Å². The molecular formula is C30H41N3O5. The maximum atomic E-state index is 14.1. The summed E-state index contributed by atoms with van der Waals surface area (Å²) in [5.41, 5.74) is 1.57. The van der Waals surface area contributed by atoms with Gasteiger partial charge in [-0.05, 0) is 57.4 Å². The van der Waals surface area contributed by atoms with Crippen molar-refractivity contribution in [2.75, 3.05) is 13.1 Å². The van der Waals surface area contributed by atoms with Gasteiger partial charge >= 0.3 is 6.09 Å². The first-order valence-electron chi connectivity index (χ1n) is 13.0. The van der Waals surface area contributed by atoms with Gasteiger partial charge in [-0.1, -0.05) is 61.4 Å². The molecule has 3 N–H and O–H groups in total. The second-order valence-corrected chi connectivity index (χ2v) is 10.3. The molecule has 0 aliphatic carbocycles. The first-order valence-corrected chi connectivity index (χ1v) is 13.0. The average Bonchev–Trinajstić information content (AvgIpc) is 2.83. The molecule has 0 saturated carbocycles. The van der Waals surface area contributed by atoms with Gasteiger partial charge in [0.2, 0.25) is 11.8 Å². The fraction of sp³-hybridized carbons (Fsp3) is 0.433. The van der Waals surface area contributed by atoms with Gasteiger partial charge in [0.25, 0.3) is 0 Å². The minimum Gasteiger partial charge on any atom is -0.508 e. The van der Waals surface area contributed by atoms with Crippen molar-refractivity contribution in [2.24, 2.45) is 0 Å². The third kappa shape index (κ3) is 9.57. The molecule has 0 aliphatic heterocycles. The summed E-state index contributed by atoms with van der Waals surface area (Å²) >= 11 is 0. The third-order valence-corrected chi connectivity index (χ3v) is 5.72. The van der Waals surface area contributed by atoms with E-state index in [2.05, 4.69) is 17.2 Å². The van der Waals surface area contributed by atoms with Gasteiger partial charge in [-0.15, -0.1) is 6.58 Å². The Kier molecular flexibility index (Phi) is 11.4. The van der Waals surface area contributed by atoms with E-state index in [4.69, 9.17) is 4.74 Å². The van der Waals surface area contributed by atoms with E-state index in [0.29, 0.717) is 12.1 Å². The fourth-order valence-electron chi connectivity index (χ4n) is 3.98. The molecule has 0 aliphatic rings. The lowest BCUT2D eigenvalue weighted by molar-refractivity contribution is -0.141. The van der Waals surface area contributed by atoms with Crippen LogP contribution in [0, 0.1) is 6.92 Å². The molecular weight excluding hydrogens is 482 g/mol. The van der Waals surface area contributed by atoms with Gasteiger partial charge in [0.05, 0.1) is 0 Å². The molecule has 0 aromatic heterocycles. The third-order valence-electron chi connectivity index (χ3n) is 5.72. The smallest absolute Gasteiger partial charge is 0.408 e. The highest BCUT2D eigenvalue weighted by Gasteiger charge is 2.35. The lowest BCUT2D eigenvalue weighted by Gasteiger charge is -2.34. The number of phenols is 1. The number of carbonyl (C=O) groups is 3.